The summed E-state index contributed by atoms with van der Waals surface area (Å²) in [7, 11) is -2.67. The molecule has 12 heteroatoms. The van der Waals surface area contributed by atoms with Gasteiger partial charge in [0.15, 0.2) is 33.3 Å². The largest absolute Gasteiger partial charge is 0.504 e. The Morgan fingerprint density at radius 3 is 2.64 bits per heavy atom. The highest BCUT2D eigenvalue weighted by atomic mass is 32.2. The van der Waals surface area contributed by atoms with Crippen LogP contribution in [0.2, 0.25) is 0 Å². The van der Waals surface area contributed by atoms with Gasteiger partial charge in [-0.25, -0.2) is 18.7 Å². The zero-order chi connectivity index (χ0) is 27.7. The molecule has 0 bridgehead atoms. The first-order valence-electron chi connectivity index (χ1n) is 12.0. The summed E-state index contributed by atoms with van der Waals surface area (Å²) in [6.45, 7) is 1.60. The highest BCUT2D eigenvalue weighted by Crippen LogP contribution is 2.45. The number of aliphatic imine (C=N–C) groups is 1. The summed E-state index contributed by atoms with van der Waals surface area (Å²) in [6.07, 6.45) is 5.61. The van der Waals surface area contributed by atoms with Gasteiger partial charge in [0.2, 0.25) is 0 Å². The minimum atomic E-state index is -4.11. The standard InChI is InChI=1S/C27H24F2N4O4S2/c1-15-11-19(30-13-18-7-4-8-22(37-2)24(18)34)14-31-26(15)39(35,36)33-27-32-23(25(38-27)16-5-3-6-16)17-9-10-20(28)21(29)12-17/h4,7-14,16,34H,3,5-6H2,1-2H3,(H,32,33)/b30-13+. The van der Waals surface area contributed by atoms with Crippen LogP contribution in [0.1, 0.15) is 41.2 Å². The fourth-order valence-corrected chi connectivity index (χ4v) is 6.74. The summed E-state index contributed by atoms with van der Waals surface area (Å²) < 4.78 is 61.5. The quantitative estimate of drug-likeness (QED) is 0.240. The van der Waals surface area contributed by atoms with Crippen LogP contribution >= 0.6 is 11.3 Å². The SMILES string of the molecule is COc1cccc(/C=N/c2cnc(S(=O)(=O)Nc3nc(-c4ccc(F)c(F)c4)c(C4CCC4)s3)c(C)c2)c1O. The first-order valence-corrected chi connectivity index (χ1v) is 14.3. The number of phenols is 1. The van der Waals surface area contributed by atoms with Crippen LogP contribution in [0.4, 0.5) is 19.6 Å². The first kappa shape index (κ1) is 26.7. The number of aryl methyl sites for hydroxylation is 1. The zero-order valence-corrected chi connectivity index (χ0v) is 22.6. The van der Waals surface area contributed by atoms with Gasteiger partial charge < -0.3 is 9.84 Å². The second-order valence-corrected chi connectivity index (χ2v) is 11.7. The third kappa shape index (κ3) is 5.48. The Labute approximate surface area is 228 Å². The predicted molar refractivity (Wildman–Crippen MR) is 146 cm³/mol. The van der Waals surface area contributed by atoms with E-state index in [0.717, 1.165) is 36.3 Å². The van der Waals surface area contributed by atoms with Crippen molar-refractivity contribution in [3.63, 3.8) is 0 Å². The van der Waals surface area contributed by atoms with E-state index >= 15 is 0 Å². The summed E-state index contributed by atoms with van der Waals surface area (Å²) >= 11 is 1.19. The number of nitrogens with one attached hydrogen (secondary N) is 1. The van der Waals surface area contributed by atoms with Crippen LogP contribution in [-0.4, -0.2) is 36.8 Å². The maximum Gasteiger partial charge on any atom is 0.281 e. The number of phenolic OH excluding ortho intramolecular Hbond substituents is 1. The molecule has 1 fully saturated rings. The number of thiazole rings is 1. The van der Waals surface area contributed by atoms with Crippen LogP contribution < -0.4 is 9.46 Å². The van der Waals surface area contributed by atoms with E-state index in [1.54, 1.807) is 31.2 Å². The van der Waals surface area contributed by atoms with Gasteiger partial charge in [-0.1, -0.05) is 12.5 Å². The summed E-state index contributed by atoms with van der Waals surface area (Å²) in [5, 5.41) is 10.2. The maximum atomic E-state index is 13.9. The number of ether oxygens (including phenoxy) is 1. The fourth-order valence-electron chi connectivity index (χ4n) is 4.19. The Balaban J connectivity index is 1.41. The van der Waals surface area contributed by atoms with Crippen LogP contribution in [0.25, 0.3) is 11.3 Å². The number of aromatic nitrogens is 2. The van der Waals surface area contributed by atoms with Gasteiger partial charge >= 0.3 is 0 Å². The molecule has 0 unspecified atom stereocenters. The normalized spacial score (nSPS) is 13.9. The van der Waals surface area contributed by atoms with Gasteiger partial charge in [-0.15, -0.1) is 11.3 Å². The van der Waals surface area contributed by atoms with Crippen molar-refractivity contribution in [3.8, 4) is 22.8 Å². The van der Waals surface area contributed by atoms with Crippen molar-refractivity contribution < 1.29 is 27.0 Å². The molecule has 0 radical (unpaired) electrons. The lowest BCUT2D eigenvalue weighted by Gasteiger charge is -2.24. The summed E-state index contributed by atoms with van der Waals surface area (Å²) in [6, 6.07) is 10.1. The number of methoxy groups -OCH3 is 1. The Morgan fingerprint density at radius 2 is 1.97 bits per heavy atom. The van der Waals surface area contributed by atoms with Crippen molar-refractivity contribution in [3.05, 3.63) is 76.3 Å². The lowest BCUT2D eigenvalue weighted by Crippen LogP contribution is -2.15. The van der Waals surface area contributed by atoms with E-state index in [1.165, 1.54) is 36.9 Å². The molecule has 0 saturated heterocycles. The van der Waals surface area contributed by atoms with Gasteiger partial charge in [-0.2, -0.15) is 8.42 Å². The van der Waals surface area contributed by atoms with Crippen LogP contribution in [0, 0.1) is 18.6 Å². The minimum Gasteiger partial charge on any atom is -0.504 e. The maximum absolute atomic E-state index is 13.9. The molecule has 2 N–H and O–H groups in total. The Morgan fingerprint density at radius 1 is 1.18 bits per heavy atom. The molecule has 0 aliphatic heterocycles. The molecule has 202 valence electrons. The Hall–Kier alpha value is -3.90. The third-order valence-electron chi connectivity index (χ3n) is 6.42. The zero-order valence-electron chi connectivity index (χ0n) is 21.0. The second kappa shape index (κ2) is 10.7. The Kier molecular flexibility index (Phi) is 7.32. The van der Waals surface area contributed by atoms with Crippen LogP contribution in [0.15, 0.2) is 58.7 Å². The molecule has 1 aliphatic rings. The van der Waals surface area contributed by atoms with Crippen LogP contribution in [0.3, 0.4) is 0 Å². The number of hydrogen-bond acceptors (Lipinski definition) is 8. The van der Waals surface area contributed by atoms with E-state index < -0.39 is 21.7 Å². The van der Waals surface area contributed by atoms with Crippen molar-refractivity contribution in [2.75, 3.05) is 11.8 Å². The number of halogens is 2. The van der Waals surface area contributed by atoms with Gasteiger partial charge in [0.05, 0.1) is 24.7 Å². The molecule has 2 heterocycles. The number of nitrogens with zero attached hydrogens (tertiary/aromatic N) is 3. The van der Waals surface area contributed by atoms with E-state index in [2.05, 4.69) is 19.7 Å². The third-order valence-corrected chi connectivity index (χ3v) is 9.08. The molecular formula is C27H24F2N4O4S2. The number of pyridine rings is 1. The van der Waals surface area contributed by atoms with E-state index in [4.69, 9.17) is 4.74 Å². The van der Waals surface area contributed by atoms with E-state index in [-0.39, 0.29) is 21.8 Å². The van der Waals surface area contributed by atoms with Crippen LogP contribution in [-0.2, 0) is 10.0 Å². The number of para-hydroxylation sites is 1. The summed E-state index contributed by atoms with van der Waals surface area (Å²) in [5.74, 6) is -1.54. The average Bonchev–Trinajstić information content (AvgIpc) is 3.25. The average molecular weight is 571 g/mol. The number of aromatic hydroxyl groups is 1. The van der Waals surface area contributed by atoms with E-state index in [9.17, 15) is 22.3 Å². The minimum absolute atomic E-state index is 0.0655. The molecule has 5 rings (SSSR count). The van der Waals surface area contributed by atoms with Crippen molar-refractivity contribution in [2.24, 2.45) is 4.99 Å². The molecule has 0 amide bonds. The molecule has 2 aromatic carbocycles. The molecule has 8 nitrogen and oxygen atoms in total. The summed E-state index contributed by atoms with van der Waals surface area (Å²) in [5.41, 5.74) is 1.99. The molecule has 1 aliphatic carbocycles. The number of rotatable bonds is 8. The predicted octanol–water partition coefficient (Wildman–Crippen LogP) is 6.32. The molecule has 2 aromatic heterocycles. The molecule has 39 heavy (non-hydrogen) atoms. The van der Waals surface area contributed by atoms with Gasteiger partial charge in [0.1, 0.15) is 0 Å². The molecular weight excluding hydrogens is 546 g/mol. The van der Waals surface area contributed by atoms with E-state index in [0.29, 0.717) is 33.8 Å². The fraction of sp³-hybridized carbons (Fsp3) is 0.222. The second-order valence-electron chi connectivity index (χ2n) is 9.07. The number of sulfonamides is 1. The number of benzene rings is 2. The topological polar surface area (TPSA) is 114 Å². The van der Waals surface area contributed by atoms with Gasteiger partial charge in [0, 0.05) is 22.2 Å². The monoisotopic (exact) mass is 570 g/mol. The number of hydrogen-bond donors (Lipinski definition) is 2. The van der Waals surface area contributed by atoms with Gasteiger partial charge in [-0.05, 0) is 67.6 Å². The van der Waals surface area contributed by atoms with Crippen molar-refractivity contribution in [1.82, 2.24) is 9.97 Å². The highest BCUT2D eigenvalue weighted by Gasteiger charge is 2.29. The molecule has 0 atom stereocenters. The van der Waals surface area contributed by atoms with Crippen molar-refractivity contribution in [1.29, 1.82) is 0 Å². The summed E-state index contributed by atoms with van der Waals surface area (Å²) in [4.78, 5) is 13.7. The molecule has 0 spiro atoms. The van der Waals surface area contributed by atoms with Crippen molar-refractivity contribution in [2.45, 2.75) is 37.1 Å². The van der Waals surface area contributed by atoms with Crippen molar-refractivity contribution >= 4 is 38.4 Å². The highest BCUT2D eigenvalue weighted by molar-refractivity contribution is 7.92. The Bertz CT molecular complexity index is 1690. The number of anilines is 1. The molecule has 4 aromatic rings. The van der Waals surface area contributed by atoms with Crippen LogP contribution in [0.5, 0.6) is 11.5 Å². The lowest BCUT2D eigenvalue weighted by molar-refractivity contribution is 0.373. The van der Waals surface area contributed by atoms with Gasteiger partial charge in [-0.3, -0.25) is 9.71 Å². The molecule has 1 saturated carbocycles. The first-order chi connectivity index (χ1) is 18.7. The van der Waals surface area contributed by atoms with E-state index in [1.807, 2.05) is 0 Å². The smallest absolute Gasteiger partial charge is 0.281 e. The lowest BCUT2D eigenvalue weighted by atomic mass is 9.83. The van der Waals surface area contributed by atoms with Gasteiger partial charge in [0.25, 0.3) is 10.0 Å².